The molecular formula is C36H22N4O2. The summed E-state index contributed by atoms with van der Waals surface area (Å²) < 4.78 is 10.9. The van der Waals surface area contributed by atoms with Crippen molar-refractivity contribution in [1.29, 1.82) is 0 Å². The molecule has 8 aromatic rings. The second kappa shape index (κ2) is 9.94. The van der Waals surface area contributed by atoms with Crippen molar-refractivity contribution in [3.05, 3.63) is 134 Å². The number of fused-ring (bicyclic) bond motifs is 2. The van der Waals surface area contributed by atoms with E-state index in [9.17, 15) is 0 Å². The van der Waals surface area contributed by atoms with Gasteiger partial charge in [-0.05, 0) is 62.0 Å². The normalized spacial score (nSPS) is 11.3. The van der Waals surface area contributed by atoms with E-state index in [1.54, 1.807) is 24.9 Å². The smallest absolute Gasteiger partial charge is 0.244 e. The number of hydrogen-bond donors (Lipinski definition) is 0. The van der Waals surface area contributed by atoms with Crippen molar-refractivity contribution in [2.24, 2.45) is 0 Å². The standard InChI is InChI=1S/C36H22N4O2/c1-2-6-23(7-3-1)24-10-13-29-30(20-24)34(26-12-15-32(40-22-26)36-38-17-19-42-36)28-9-5-4-8-27(28)33(29)25-11-14-31(39-21-25)35-37-16-18-41-35/h1-22H. The zero-order valence-corrected chi connectivity index (χ0v) is 22.3. The molecule has 6 nitrogen and oxygen atoms in total. The molecule has 0 aliphatic carbocycles. The lowest BCUT2D eigenvalue weighted by Crippen LogP contribution is -1.93. The Labute approximate surface area is 241 Å². The summed E-state index contributed by atoms with van der Waals surface area (Å²) in [6.07, 6.45) is 10.2. The molecule has 6 heteroatoms. The third-order valence-corrected chi connectivity index (χ3v) is 7.54. The van der Waals surface area contributed by atoms with E-state index in [0.29, 0.717) is 23.2 Å². The van der Waals surface area contributed by atoms with Crippen LogP contribution in [0.2, 0.25) is 0 Å². The first kappa shape index (κ1) is 24.0. The molecule has 42 heavy (non-hydrogen) atoms. The van der Waals surface area contributed by atoms with Gasteiger partial charge in [0.25, 0.3) is 0 Å². The minimum absolute atomic E-state index is 0.499. The highest BCUT2D eigenvalue weighted by Crippen LogP contribution is 2.44. The molecule has 0 saturated heterocycles. The van der Waals surface area contributed by atoms with Gasteiger partial charge in [-0.25, -0.2) is 9.97 Å². The maximum absolute atomic E-state index is 5.48. The molecule has 0 aliphatic rings. The molecule has 4 aromatic carbocycles. The number of aromatic nitrogens is 4. The summed E-state index contributed by atoms with van der Waals surface area (Å²) in [6.45, 7) is 0. The number of oxazole rings is 2. The average Bonchev–Trinajstić information content (AvgIpc) is 3.80. The van der Waals surface area contributed by atoms with Gasteiger partial charge in [0, 0.05) is 23.5 Å². The Morgan fingerprint density at radius 3 is 1.45 bits per heavy atom. The van der Waals surface area contributed by atoms with Gasteiger partial charge in [0.2, 0.25) is 11.8 Å². The Bertz CT molecular complexity index is 2150. The lowest BCUT2D eigenvalue weighted by atomic mass is 9.85. The van der Waals surface area contributed by atoms with E-state index in [2.05, 4.69) is 88.8 Å². The highest BCUT2D eigenvalue weighted by molar-refractivity contribution is 6.21. The van der Waals surface area contributed by atoms with E-state index < -0.39 is 0 Å². The van der Waals surface area contributed by atoms with Gasteiger partial charge in [-0.1, -0.05) is 78.9 Å². The fourth-order valence-electron chi connectivity index (χ4n) is 5.65. The van der Waals surface area contributed by atoms with Crippen molar-refractivity contribution >= 4 is 21.5 Å². The van der Waals surface area contributed by atoms with Crippen LogP contribution in [0.3, 0.4) is 0 Å². The first-order chi connectivity index (χ1) is 20.8. The molecule has 0 unspecified atom stereocenters. The zero-order valence-electron chi connectivity index (χ0n) is 22.3. The SMILES string of the molecule is c1ccc(-c2ccc3c(-c4ccc(-c5ncco5)nc4)c4ccccc4c(-c4ccc(-c5ncco5)nc4)c3c2)cc1. The summed E-state index contributed by atoms with van der Waals surface area (Å²) in [7, 11) is 0. The summed E-state index contributed by atoms with van der Waals surface area (Å²) >= 11 is 0. The van der Waals surface area contributed by atoms with Gasteiger partial charge in [-0.15, -0.1) is 0 Å². The van der Waals surface area contributed by atoms with Gasteiger partial charge in [0.15, 0.2) is 0 Å². The van der Waals surface area contributed by atoms with Crippen LogP contribution in [0.15, 0.2) is 143 Å². The van der Waals surface area contributed by atoms with Crippen molar-refractivity contribution < 1.29 is 8.83 Å². The van der Waals surface area contributed by atoms with Crippen molar-refractivity contribution in [3.63, 3.8) is 0 Å². The second-order valence-electron chi connectivity index (χ2n) is 9.96. The van der Waals surface area contributed by atoms with Crippen LogP contribution in [0.25, 0.3) is 78.1 Å². The minimum atomic E-state index is 0.499. The van der Waals surface area contributed by atoms with Gasteiger partial charge in [0.05, 0.1) is 12.4 Å². The van der Waals surface area contributed by atoms with E-state index in [4.69, 9.17) is 18.8 Å². The monoisotopic (exact) mass is 542 g/mol. The van der Waals surface area contributed by atoms with E-state index >= 15 is 0 Å². The van der Waals surface area contributed by atoms with E-state index in [0.717, 1.165) is 54.9 Å². The first-order valence-electron chi connectivity index (χ1n) is 13.6. The predicted octanol–water partition coefficient (Wildman–Crippen LogP) is 9.09. The number of pyridine rings is 2. The molecular weight excluding hydrogens is 520 g/mol. The zero-order chi connectivity index (χ0) is 27.9. The summed E-state index contributed by atoms with van der Waals surface area (Å²) in [4.78, 5) is 17.9. The van der Waals surface area contributed by atoms with Crippen LogP contribution in [0.1, 0.15) is 0 Å². The van der Waals surface area contributed by atoms with Crippen molar-refractivity contribution in [3.8, 4) is 56.6 Å². The predicted molar refractivity (Wildman–Crippen MR) is 164 cm³/mol. The summed E-state index contributed by atoms with van der Waals surface area (Å²) in [6, 6.07) is 33.8. The van der Waals surface area contributed by atoms with E-state index in [1.165, 1.54) is 0 Å². The molecule has 8 rings (SSSR count). The largest absolute Gasteiger partial charge is 0.443 e. The Morgan fingerprint density at radius 2 is 0.929 bits per heavy atom. The van der Waals surface area contributed by atoms with E-state index in [1.807, 2.05) is 30.6 Å². The molecule has 0 spiro atoms. The number of benzene rings is 4. The molecule has 4 aromatic heterocycles. The quantitative estimate of drug-likeness (QED) is 0.202. The Morgan fingerprint density at radius 1 is 0.405 bits per heavy atom. The van der Waals surface area contributed by atoms with E-state index in [-0.39, 0.29) is 0 Å². The molecule has 0 atom stereocenters. The van der Waals surface area contributed by atoms with Crippen LogP contribution in [0.4, 0.5) is 0 Å². The fourth-order valence-corrected chi connectivity index (χ4v) is 5.65. The maximum Gasteiger partial charge on any atom is 0.244 e. The third kappa shape index (κ3) is 4.05. The minimum Gasteiger partial charge on any atom is -0.443 e. The highest BCUT2D eigenvalue weighted by Gasteiger charge is 2.19. The molecule has 198 valence electrons. The number of nitrogens with zero attached hydrogens (tertiary/aromatic N) is 4. The van der Waals surface area contributed by atoms with Crippen LogP contribution >= 0.6 is 0 Å². The molecule has 0 fully saturated rings. The average molecular weight is 543 g/mol. The first-order valence-corrected chi connectivity index (χ1v) is 13.6. The van der Waals surface area contributed by atoms with Crippen molar-refractivity contribution in [1.82, 2.24) is 19.9 Å². The van der Waals surface area contributed by atoms with Crippen molar-refractivity contribution in [2.75, 3.05) is 0 Å². The Hall–Kier alpha value is -5.88. The fraction of sp³-hybridized carbons (Fsp3) is 0. The molecule has 0 radical (unpaired) electrons. The van der Waals surface area contributed by atoms with Crippen LogP contribution < -0.4 is 0 Å². The van der Waals surface area contributed by atoms with Gasteiger partial charge < -0.3 is 8.83 Å². The summed E-state index contributed by atoms with van der Waals surface area (Å²) in [5, 5.41) is 4.53. The van der Waals surface area contributed by atoms with Crippen LogP contribution in [0.5, 0.6) is 0 Å². The molecule has 0 amide bonds. The lowest BCUT2D eigenvalue weighted by molar-refractivity contribution is 0.572. The molecule has 0 aliphatic heterocycles. The summed E-state index contributed by atoms with van der Waals surface area (Å²) in [5.74, 6) is 0.999. The van der Waals surface area contributed by atoms with Gasteiger partial charge in [0.1, 0.15) is 23.9 Å². The Kier molecular flexibility index (Phi) is 5.67. The number of hydrogen-bond acceptors (Lipinski definition) is 6. The maximum atomic E-state index is 5.48. The van der Waals surface area contributed by atoms with Crippen LogP contribution in [-0.2, 0) is 0 Å². The topological polar surface area (TPSA) is 77.8 Å². The number of rotatable bonds is 5. The summed E-state index contributed by atoms with van der Waals surface area (Å²) in [5.41, 5.74) is 7.97. The highest BCUT2D eigenvalue weighted by atomic mass is 16.3. The van der Waals surface area contributed by atoms with Gasteiger partial charge in [-0.2, -0.15) is 0 Å². The molecule has 4 heterocycles. The van der Waals surface area contributed by atoms with Gasteiger partial charge >= 0.3 is 0 Å². The second-order valence-corrected chi connectivity index (χ2v) is 9.96. The molecule has 0 saturated carbocycles. The lowest BCUT2D eigenvalue weighted by Gasteiger charge is -2.18. The van der Waals surface area contributed by atoms with Crippen LogP contribution in [0, 0.1) is 0 Å². The molecule has 0 bridgehead atoms. The third-order valence-electron chi connectivity index (χ3n) is 7.54. The Balaban J connectivity index is 1.40. The van der Waals surface area contributed by atoms with Gasteiger partial charge in [-0.3, -0.25) is 9.97 Å². The van der Waals surface area contributed by atoms with Crippen LogP contribution in [-0.4, -0.2) is 19.9 Å². The molecule has 0 N–H and O–H groups in total. The van der Waals surface area contributed by atoms with Crippen molar-refractivity contribution in [2.45, 2.75) is 0 Å².